The molecule has 20 heavy (non-hydrogen) atoms. The number of nitrogens with one attached hydrogen (secondary N) is 1. The minimum absolute atomic E-state index is 0.113. The molecule has 0 aliphatic rings. The zero-order valence-corrected chi connectivity index (χ0v) is 11.6. The fraction of sp³-hybridized carbons (Fsp3) is 0. The van der Waals surface area contributed by atoms with E-state index in [1.807, 2.05) is 0 Å². The Kier molecular flexibility index (Phi) is 4.27. The van der Waals surface area contributed by atoms with Crippen molar-refractivity contribution >= 4 is 40.8 Å². The average molecular weight is 310 g/mol. The first-order chi connectivity index (χ1) is 9.49. The Morgan fingerprint density at radius 3 is 2.15 bits per heavy atom. The molecule has 0 aliphatic heterocycles. The predicted octanol–water partition coefficient (Wildman–Crippen LogP) is 3.94. The van der Waals surface area contributed by atoms with E-state index in [9.17, 15) is 9.59 Å². The molecule has 0 unspecified atom stereocenters. The van der Waals surface area contributed by atoms with Gasteiger partial charge in [0.1, 0.15) is 0 Å². The molecule has 0 spiro atoms. The van der Waals surface area contributed by atoms with E-state index < -0.39 is 11.9 Å². The molecule has 0 bridgehead atoms. The maximum atomic E-state index is 12.0. The number of benzene rings is 2. The van der Waals surface area contributed by atoms with Gasteiger partial charge in [-0.15, -0.1) is 0 Å². The third-order valence-electron chi connectivity index (χ3n) is 2.59. The van der Waals surface area contributed by atoms with Crippen LogP contribution < -0.4 is 5.32 Å². The molecule has 102 valence electrons. The number of anilines is 1. The van der Waals surface area contributed by atoms with Gasteiger partial charge in [-0.2, -0.15) is 0 Å². The Balaban J connectivity index is 2.20. The van der Waals surface area contributed by atoms with Gasteiger partial charge in [0.15, 0.2) is 0 Å². The van der Waals surface area contributed by atoms with Gasteiger partial charge in [0.05, 0.1) is 21.3 Å². The number of carbonyl (C=O) groups is 2. The normalized spacial score (nSPS) is 10.1. The van der Waals surface area contributed by atoms with Gasteiger partial charge in [-0.25, -0.2) is 4.79 Å². The standard InChI is InChI=1S/C14H9Cl2NO3/c15-10-2-1-3-11(12(10)16)17-13(18)8-4-6-9(7-5-8)14(19)20/h1-7H,(H,17,18)(H,19,20). The summed E-state index contributed by atoms with van der Waals surface area (Å²) in [6, 6.07) is 10.5. The second-order valence-corrected chi connectivity index (χ2v) is 4.72. The van der Waals surface area contributed by atoms with Crippen molar-refractivity contribution in [2.24, 2.45) is 0 Å². The number of carboxylic acids is 1. The van der Waals surface area contributed by atoms with E-state index in [1.165, 1.54) is 24.3 Å². The van der Waals surface area contributed by atoms with E-state index in [0.717, 1.165) is 0 Å². The fourth-order valence-corrected chi connectivity index (χ4v) is 1.91. The monoisotopic (exact) mass is 309 g/mol. The Morgan fingerprint density at radius 1 is 0.950 bits per heavy atom. The van der Waals surface area contributed by atoms with E-state index in [1.54, 1.807) is 18.2 Å². The van der Waals surface area contributed by atoms with Crippen LogP contribution in [0.25, 0.3) is 0 Å². The molecule has 1 amide bonds. The zero-order chi connectivity index (χ0) is 14.7. The molecule has 0 saturated carbocycles. The van der Waals surface area contributed by atoms with E-state index >= 15 is 0 Å². The number of carbonyl (C=O) groups excluding carboxylic acids is 1. The quantitative estimate of drug-likeness (QED) is 0.902. The summed E-state index contributed by atoms with van der Waals surface area (Å²) < 4.78 is 0. The van der Waals surface area contributed by atoms with Crippen LogP contribution in [0.15, 0.2) is 42.5 Å². The van der Waals surface area contributed by atoms with Gasteiger partial charge in [0.25, 0.3) is 5.91 Å². The number of aromatic carboxylic acids is 1. The first-order valence-corrected chi connectivity index (χ1v) is 6.33. The molecule has 0 fully saturated rings. The second kappa shape index (κ2) is 5.94. The summed E-state index contributed by atoms with van der Waals surface area (Å²) in [6.45, 7) is 0. The van der Waals surface area contributed by atoms with Crippen LogP contribution in [0.3, 0.4) is 0 Å². The summed E-state index contributed by atoms with van der Waals surface area (Å²) in [6.07, 6.45) is 0. The van der Waals surface area contributed by atoms with Crippen molar-refractivity contribution in [1.82, 2.24) is 0 Å². The molecular weight excluding hydrogens is 301 g/mol. The number of hydrogen-bond donors (Lipinski definition) is 2. The van der Waals surface area contributed by atoms with Crippen LogP contribution in [0, 0.1) is 0 Å². The van der Waals surface area contributed by atoms with Gasteiger partial charge >= 0.3 is 5.97 Å². The molecule has 2 aromatic rings. The van der Waals surface area contributed by atoms with Crippen molar-refractivity contribution in [3.63, 3.8) is 0 Å². The Hall–Kier alpha value is -2.04. The molecule has 0 aromatic heterocycles. The van der Waals surface area contributed by atoms with Gasteiger partial charge in [0, 0.05) is 5.56 Å². The predicted molar refractivity (Wildman–Crippen MR) is 77.8 cm³/mol. The molecule has 2 N–H and O–H groups in total. The van der Waals surface area contributed by atoms with Crippen LogP contribution in [0.4, 0.5) is 5.69 Å². The molecule has 0 aliphatic carbocycles. The number of amides is 1. The summed E-state index contributed by atoms with van der Waals surface area (Å²) in [5, 5.41) is 12.0. The van der Waals surface area contributed by atoms with Gasteiger partial charge in [-0.1, -0.05) is 29.3 Å². The number of carboxylic acid groups (broad SMARTS) is 1. The number of halogens is 2. The van der Waals surface area contributed by atoms with E-state index in [2.05, 4.69) is 5.32 Å². The highest BCUT2D eigenvalue weighted by molar-refractivity contribution is 6.44. The maximum Gasteiger partial charge on any atom is 0.335 e. The highest BCUT2D eigenvalue weighted by Gasteiger charge is 2.11. The molecule has 4 nitrogen and oxygen atoms in total. The van der Waals surface area contributed by atoms with E-state index in [-0.39, 0.29) is 10.6 Å². The molecule has 0 heterocycles. The lowest BCUT2D eigenvalue weighted by atomic mass is 10.1. The molecule has 0 radical (unpaired) electrons. The number of hydrogen-bond acceptors (Lipinski definition) is 2. The molecule has 2 aromatic carbocycles. The van der Waals surface area contributed by atoms with Crippen LogP contribution in [0.5, 0.6) is 0 Å². The Bertz CT molecular complexity index is 669. The first kappa shape index (κ1) is 14.4. The minimum atomic E-state index is -1.05. The van der Waals surface area contributed by atoms with Crippen LogP contribution in [0.2, 0.25) is 10.0 Å². The fourth-order valence-electron chi connectivity index (χ4n) is 1.56. The number of rotatable bonds is 3. The van der Waals surface area contributed by atoms with Crippen molar-refractivity contribution in [1.29, 1.82) is 0 Å². The smallest absolute Gasteiger partial charge is 0.335 e. The van der Waals surface area contributed by atoms with Crippen LogP contribution in [0.1, 0.15) is 20.7 Å². The van der Waals surface area contributed by atoms with Crippen LogP contribution in [-0.4, -0.2) is 17.0 Å². The molecule has 0 saturated heterocycles. The summed E-state index contributed by atoms with van der Waals surface area (Å²) in [7, 11) is 0. The van der Waals surface area contributed by atoms with Crippen molar-refractivity contribution in [2.75, 3.05) is 5.32 Å². The third-order valence-corrected chi connectivity index (χ3v) is 3.41. The highest BCUT2D eigenvalue weighted by Crippen LogP contribution is 2.29. The first-order valence-electron chi connectivity index (χ1n) is 5.58. The second-order valence-electron chi connectivity index (χ2n) is 3.94. The lowest BCUT2D eigenvalue weighted by molar-refractivity contribution is 0.0696. The summed E-state index contributed by atoms with van der Waals surface area (Å²) >= 11 is 11.8. The van der Waals surface area contributed by atoms with Crippen LogP contribution in [-0.2, 0) is 0 Å². The SMILES string of the molecule is O=C(O)c1ccc(C(=O)Nc2cccc(Cl)c2Cl)cc1. The summed E-state index contributed by atoms with van der Waals surface area (Å²) in [5.41, 5.74) is 0.833. The van der Waals surface area contributed by atoms with Gasteiger partial charge in [-0.05, 0) is 36.4 Å². The average Bonchev–Trinajstić information content (AvgIpc) is 2.44. The van der Waals surface area contributed by atoms with Gasteiger partial charge in [-0.3, -0.25) is 4.79 Å². The lowest BCUT2D eigenvalue weighted by Crippen LogP contribution is -2.12. The minimum Gasteiger partial charge on any atom is -0.478 e. The van der Waals surface area contributed by atoms with Crippen LogP contribution >= 0.6 is 23.2 Å². The van der Waals surface area contributed by atoms with E-state index in [0.29, 0.717) is 16.3 Å². The van der Waals surface area contributed by atoms with Crippen molar-refractivity contribution < 1.29 is 14.7 Å². The summed E-state index contributed by atoms with van der Waals surface area (Å²) in [5.74, 6) is -1.44. The maximum absolute atomic E-state index is 12.0. The summed E-state index contributed by atoms with van der Waals surface area (Å²) in [4.78, 5) is 22.7. The molecule has 2 rings (SSSR count). The van der Waals surface area contributed by atoms with Crippen molar-refractivity contribution in [2.45, 2.75) is 0 Å². The largest absolute Gasteiger partial charge is 0.478 e. The Labute approximate surface area is 124 Å². The third kappa shape index (κ3) is 3.10. The lowest BCUT2D eigenvalue weighted by Gasteiger charge is -2.08. The molecule has 6 heteroatoms. The van der Waals surface area contributed by atoms with Crippen molar-refractivity contribution in [3.05, 3.63) is 63.6 Å². The van der Waals surface area contributed by atoms with E-state index in [4.69, 9.17) is 28.3 Å². The van der Waals surface area contributed by atoms with Gasteiger partial charge in [0.2, 0.25) is 0 Å². The highest BCUT2D eigenvalue weighted by atomic mass is 35.5. The Morgan fingerprint density at radius 2 is 1.55 bits per heavy atom. The molecule has 0 atom stereocenters. The zero-order valence-electron chi connectivity index (χ0n) is 10.1. The van der Waals surface area contributed by atoms with Gasteiger partial charge < -0.3 is 10.4 Å². The molecular formula is C14H9Cl2NO3. The van der Waals surface area contributed by atoms with Crippen molar-refractivity contribution in [3.8, 4) is 0 Å². The topological polar surface area (TPSA) is 66.4 Å².